The lowest BCUT2D eigenvalue weighted by Crippen LogP contribution is -2.59. The molecule has 0 radical (unpaired) electrons. The fourth-order valence-electron chi connectivity index (χ4n) is 3.96. The maximum atomic E-state index is 2.52. The van der Waals surface area contributed by atoms with Gasteiger partial charge in [-0.1, -0.05) is 92.3 Å². The van der Waals surface area contributed by atoms with Crippen molar-refractivity contribution in [2.75, 3.05) is 0 Å². The first-order chi connectivity index (χ1) is 9.15. The lowest BCUT2D eigenvalue weighted by Gasteiger charge is -2.76. The predicted molar refractivity (Wildman–Crippen MR) is 106 cm³/mol. The van der Waals surface area contributed by atoms with Crippen molar-refractivity contribution in [1.82, 2.24) is 0 Å². The van der Waals surface area contributed by atoms with Crippen molar-refractivity contribution < 1.29 is 0 Å². The molecule has 2 rings (SSSR count). The largest absolute Gasteiger partial charge is 0.0826 e. The molecule has 3 heteroatoms. The molecule has 4 unspecified atom stereocenters. The highest BCUT2D eigenvalue weighted by Crippen LogP contribution is 3.03. The average molecular weight is 344 g/mol. The minimum atomic E-state index is 0.0877. The zero-order valence-corrected chi connectivity index (χ0v) is 18.7. The van der Waals surface area contributed by atoms with Gasteiger partial charge in [0.25, 0.3) is 0 Å². The van der Waals surface area contributed by atoms with E-state index in [0.717, 1.165) is 11.1 Å². The number of fused-ring (bicyclic) bond motifs is 1. The van der Waals surface area contributed by atoms with Gasteiger partial charge in [-0.3, -0.25) is 0 Å². The van der Waals surface area contributed by atoms with Crippen molar-refractivity contribution in [3.05, 3.63) is 0 Å². The molecule has 0 saturated carbocycles. The van der Waals surface area contributed by atoms with E-state index < -0.39 is 0 Å². The molecule has 0 bridgehead atoms. The highest BCUT2D eigenvalue weighted by Gasteiger charge is 2.74. The highest BCUT2D eigenvalue weighted by atomic mass is 31.3. The summed E-state index contributed by atoms with van der Waals surface area (Å²) in [5, 5.41) is 2.89. The molecule has 0 spiro atoms. The van der Waals surface area contributed by atoms with Gasteiger partial charge in [-0.05, 0) is 34.9 Å². The Bertz CT molecular complexity index is 456. The lowest BCUT2D eigenvalue weighted by molar-refractivity contribution is 0.386. The van der Waals surface area contributed by atoms with Crippen LogP contribution in [-0.4, -0.2) is 20.7 Å². The molecule has 122 valence electrons. The number of hydrogen-bond donors (Lipinski definition) is 0. The lowest BCUT2D eigenvalue weighted by atomic mass is 9.98. The summed E-state index contributed by atoms with van der Waals surface area (Å²) < 4.78 is 0.659. The summed E-state index contributed by atoms with van der Waals surface area (Å²) in [4.78, 5) is 0. The monoisotopic (exact) mass is 344 g/mol. The summed E-state index contributed by atoms with van der Waals surface area (Å²) >= 11 is 0. The van der Waals surface area contributed by atoms with E-state index in [-0.39, 0.29) is 15.8 Å². The fourth-order valence-corrected chi connectivity index (χ4v) is 21.7. The Morgan fingerprint density at radius 3 is 1.71 bits per heavy atom. The average Bonchev–Trinajstić information content (AvgIpc) is 2.13. The third kappa shape index (κ3) is 2.51. The predicted octanol–water partition coefficient (Wildman–Crippen LogP) is 7.58. The molecule has 1 saturated heterocycles. The van der Waals surface area contributed by atoms with Crippen LogP contribution in [0.1, 0.15) is 76.2 Å². The van der Waals surface area contributed by atoms with Gasteiger partial charge in [0.15, 0.2) is 0 Å². The summed E-state index contributed by atoms with van der Waals surface area (Å²) in [7, 11) is 1.94. The van der Waals surface area contributed by atoms with Gasteiger partial charge in [-0.25, -0.2) is 0 Å². The van der Waals surface area contributed by atoms with E-state index in [9.17, 15) is 0 Å². The van der Waals surface area contributed by atoms with Crippen LogP contribution in [0.4, 0.5) is 0 Å². The minimum absolute atomic E-state index is 0.0877. The van der Waals surface area contributed by atoms with E-state index in [1.54, 1.807) is 8.20 Å². The van der Waals surface area contributed by atoms with Gasteiger partial charge in [-0.2, -0.15) is 0 Å². The molecule has 0 amide bonds. The Morgan fingerprint density at radius 1 is 0.952 bits per heavy atom. The van der Waals surface area contributed by atoms with Crippen molar-refractivity contribution in [3.63, 3.8) is 0 Å². The quantitative estimate of drug-likeness (QED) is 0.430. The topological polar surface area (TPSA) is 0 Å². The zero-order chi connectivity index (χ0) is 16.6. The van der Waals surface area contributed by atoms with E-state index >= 15 is 0 Å². The van der Waals surface area contributed by atoms with Crippen molar-refractivity contribution in [2.45, 2.75) is 91.9 Å². The maximum Gasteiger partial charge on any atom is 0.0621 e. The second kappa shape index (κ2) is 5.01. The first-order valence-electron chi connectivity index (χ1n) is 8.34. The standard InChI is InChI=1S/C18H35P3/c1-12(2)20-14(16(6,7)8)21-13(15(3,4)5)19-18(20,21)17(9,10)11/h12,14H,1-11H3. The van der Waals surface area contributed by atoms with Crippen LogP contribution >= 0.6 is 24.0 Å². The summed E-state index contributed by atoms with van der Waals surface area (Å²) in [6.07, 6.45) is 0. The van der Waals surface area contributed by atoms with Crippen LogP contribution in [0.5, 0.6) is 0 Å². The summed E-state index contributed by atoms with van der Waals surface area (Å²) in [5.74, 6) is 0. The van der Waals surface area contributed by atoms with Gasteiger partial charge in [0, 0.05) is 5.40 Å². The van der Waals surface area contributed by atoms with Gasteiger partial charge < -0.3 is 0 Å². The van der Waals surface area contributed by atoms with Crippen LogP contribution < -0.4 is 0 Å². The van der Waals surface area contributed by atoms with E-state index in [1.165, 1.54) is 0 Å². The van der Waals surface area contributed by atoms with Crippen LogP contribution in [0.3, 0.4) is 0 Å². The molecule has 0 aromatic rings. The molecule has 0 aromatic carbocycles. The summed E-state index contributed by atoms with van der Waals surface area (Å²) in [5.41, 5.74) is 2.22. The molecule has 0 N–H and O–H groups in total. The molecule has 2 heterocycles. The molecular weight excluding hydrogens is 309 g/mol. The zero-order valence-electron chi connectivity index (χ0n) is 16.0. The van der Waals surface area contributed by atoms with Crippen LogP contribution in [0, 0.1) is 16.2 Å². The van der Waals surface area contributed by atoms with Crippen LogP contribution in [0.2, 0.25) is 0 Å². The van der Waals surface area contributed by atoms with Gasteiger partial charge in [-0.15, -0.1) is 0 Å². The van der Waals surface area contributed by atoms with Gasteiger partial charge in [0.1, 0.15) is 0 Å². The first-order valence-corrected chi connectivity index (χ1v) is 12.1. The maximum absolute atomic E-state index is 2.52. The molecule has 0 aromatic heterocycles. The molecule has 2 aliphatic rings. The Morgan fingerprint density at radius 2 is 1.43 bits per heavy atom. The minimum Gasteiger partial charge on any atom is -0.0826 e. The van der Waals surface area contributed by atoms with Crippen molar-refractivity contribution in [2.24, 2.45) is 16.2 Å². The third-order valence-corrected chi connectivity index (χ3v) is 19.8. The molecule has 2 aliphatic heterocycles. The summed E-state index contributed by atoms with van der Waals surface area (Å²) in [6.45, 7) is 27.4. The molecule has 21 heavy (non-hydrogen) atoms. The van der Waals surface area contributed by atoms with Crippen LogP contribution in [-0.2, 0) is 0 Å². The smallest absolute Gasteiger partial charge is 0.0621 e. The number of hydrogen-bond acceptors (Lipinski definition) is 0. The van der Waals surface area contributed by atoms with E-state index in [2.05, 4.69) is 76.2 Å². The van der Waals surface area contributed by atoms with Gasteiger partial charge in [0.05, 0.1) is 4.64 Å². The van der Waals surface area contributed by atoms with Gasteiger partial charge in [0.2, 0.25) is 0 Å². The Kier molecular flexibility index (Phi) is 4.38. The number of rotatable bonds is 1. The van der Waals surface area contributed by atoms with E-state index in [0.29, 0.717) is 20.9 Å². The van der Waals surface area contributed by atoms with Crippen molar-refractivity contribution in [3.8, 4) is 0 Å². The Labute approximate surface area is 137 Å². The SMILES string of the molecule is CC(C)P1C(C(C)(C)C)P2C(C(C)(C)C)=PC21C(C)(C)C. The molecular formula is C18H35P3. The second-order valence-electron chi connectivity index (χ2n) is 10.2. The Hall–Kier alpha value is 1.03. The Balaban J connectivity index is 2.56. The normalized spacial score (nSPS) is 37.5. The van der Waals surface area contributed by atoms with Crippen molar-refractivity contribution in [1.29, 1.82) is 0 Å². The first kappa shape index (κ1) is 18.4. The highest BCUT2D eigenvalue weighted by molar-refractivity contribution is 8.18. The molecule has 0 nitrogen and oxygen atoms in total. The molecule has 1 fully saturated rings. The summed E-state index contributed by atoms with van der Waals surface area (Å²) in [6, 6.07) is 0. The van der Waals surface area contributed by atoms with Crippen LogP contribution in [0.15, 0.2) is 0 Å². The molecule has 0 aliphatic carbocycles. The van der Waals surface area contributed by atoms with Gasteiger partial charge >= 0.3 is 0 Å². The van der Waals surface area contributed by atoms with Crippen molar-refractivity contribution >= 4 is 29.1 Å². The van der Waals surface area contributed by atoms with E-state index in [1.807, 2.05) is 5.03 Å². The third-order valence-electron chi connectivity index (χ3n) is 4.70. The molecule has 4 atom stereocenters. The fraction of sp³-hybridized carbons (Fsp3) is 0.944. The van der Waals surface area contributed by atoms with E-state index in [4.69, 9.17) is 0 Å². The van der Waals surface area contributed by atoms with Crippen LogP contribution in [0.25, 0.3) is 0 Å². The second-order valence-corrected chi connectivity index (χ2v) is 18.8.